The number of unbranched alkanes of at least 4 members (excludes halogenated alkanes) is 3. The molecule has 0 bridgehead atoms. The SMILES string of the molecule is COc1ccc(S(=O)(=O)NC(=O)NCCCCCCNC(=O)NS(=O)(=O)c2ccc(OC)c(OC)c2)cc1OC. The standard InChI is InChI=1S/C24H34N4O10S2/c1-35-19-11-9-17(15-21(19)37-3)39(31,32)27-23(29)25-13-7-5-6-8-14-26-24(30)28-40(33,34)18-10-12-20(36-2)22(16-18)38-4/h9-12,15-16H,5-8,13-14H2,1-4H3,(H2,25,27,29)(H2,26,28,30). The number of benzene rings is 2. The van der Waals surface area contributed by atoms with E-state index in [0.29, 0.717) is 37.2 Å². The maximum atomic E-state index is 12.4. The summed E-state index contributed by atoms with van der Waals surface area (Å²) in [6, 6.07) is 6.16. The number of ether oxygens (including phenoxy) is 4. The first-order chi connectivity index (χ1) is 19.0. The highest BCUT2D eigenvalue weighted by molar-refractivity contribution is 7.90. The second kappa shape index (κ2) is 15.0. The van der Waals surface area contributed by atoms with Crippen molar-refractivity contribution in [3.8, 4) is 23.0 Å². The van der Waals surface area contributed by atoms with Gasteiger partial charge in [0.25, 0.3) is 20.0 Å². The lowest BCUT2D eigenvalue weighted by molar-refractivity contribution is 0.244. The summed E-state index contributed by atoms with van der Waals surface area (Å²) in [5.41, 5.74) is 0. The highest BCUT2D eigenvalue weighted by Crippen LogP contribution is 2.30. The van der Waals surface area contributed by atoms with E-state index in [0.717, 1.165) is 0 Å². The van der Waals surface area contributed by atoms with E-state index in [1.807, 2.05) is 9.44 Å². The third-order valence-electron chi connectivity index (χ3n) is 5.46. The molecule has 4 N–H and O–H groups in total. The summed E-state index contributed by atoms with van der Waals surface area (Å²) in [5.74, 6) is 1.11. The van der Waals surface area contributed by atoms with Crippen LogP contribution in [0.3, 0.4) is 0 Å². The Morgan fingerprint density at radius 2 is 0.925 bits per heavy atom. The van der Waals surface area contributed by atoms with Gasteiger partial charge in [0.2, 0.25) is 0 Å². The van der Waals surface area contributed by atoms with E-state index in [2.05, 4.69) is 10.6 Å². The molecule has 0 saturated carbocycles. The molecular formula is C24H34N4O10S2. The van der Waals surface area contributed by atoms with E-state index in [1.165, 1.54) is 64.8 Å². The number of nitrogens with one attached hydrogen (secondary N) is 4. The molecule has 14 nitrogen and oxygen atoms in total. The zero-order chi connectivity index (χ0) is 29.8. The molecule has 0 radical (unpaired) electrons. The van der Waals surface area contributed by atoms with E-state index in [4.69, 9.17) is 18.9 Å². The molecule has 0 aromatic heterocycles. The molecule has 222 valence electrons. The summed E-state index contributed by atoms with van der Waals surface area (Å²) in [5, 5.41) is 4.95. The number of carbonyl (C=O) groups excluding carboxylic acids is 2. The first-order valence-corrected chi connectivity index (χ1v) is 15.0. The van der Waals surface area contributed by atoms with Crippen molar-refractivity contribution in [2.45, 2.75) is 35.5 Å². The normalized spacial score (nSPS) is 11.2. The monoisotopic (exact) mass is 602 g/mol. The molecule has 0 fully saturated rings. The summed E-state index contributed by atoms with van der Waals surface area (Å²) in [4.78, 5) is 23.7. The Labute approximate surface area is 233 Å². The van der Waals surface area contributed by atoms with Crippen LogP contribution < -0.4 is 39.0 Å². The van der Waals surface area contributed by atoms with Crippen molar-refractivity contribution in [3.63, 3.8) is 0 Å². The Morgan fingerprint density at radius 3 is 1.25 bits per heavy atom. The fourth-order valence-corrected chi connectivity index (χ4v) is 5.30. The second-order valence-electron chi connectivity index (χ2n) is 8.17. The first-order valence-electron chi connectivity index (χ1n) is 12.0. The van der Waals surface area contributed by atoms with E-state index in [9.17, 15) is 26.4 Å². The van der Waals surface area contributed by atoms with Crippen LogP contribution in [-0.2, 0) is 20.0 Å². The van der Waals surface area contributed by atoms with Crippen LogP contribution in [0.25, 0.3) is 0 Å². The van der Waals surface area contributed by atoms with Gasteiger partial charge in [-0.3, -0.25) is 0 Å². The summed E-state index contributed by atoms with van der Waals surface area (Å²) in [7, 11) is -2.66. The van der Waals surface area contributed by atoms with E-state index in [-0.39, 0.29) is 34.4 Å². The zero-order valence-electron chi connectivity index (χ0n) is 22.6. The van der Waals surface area contributed by atoms with Crippen molar-refractivity contribution >= 4 is 32.1 Å². The van der Waals surface area contributed by atoms with Crippen molar-refractivity contribution in [2.24, 2.45) is 0 Å². The molecule has 0 aliphatic heterocycles. The van der Waals surface area contributed by atoms with Gasteiger partial charge in [0.15, 0.2) is 23.0 Å². The van der Waals surface area contributed by atoms with Crippen LogP contribution in [0.1, 0.15) is 25.7 Å². The van der Waals surface area contributed by atoms with Gasteiger partial charge < -0.3 is 29.6 Å². The number of urea groups is 2. The Hall–Kier alpha value is -3.92. The van der Waals surface area contributed by atoms with Crippen molar-refractivity contribution < 1.29 is 45.4 Å². The van der Waals surface area contributed by atoms with Crippen LogP contribution >= 0.6 is 0 Å². The number of amides is 4. The van der Waals surface area contributed by atoms with Gasteiger partial charge in [-0.2, -0.15) is 0 Å². The maximum Gasteiger partial charge on any atom is 0.328 e. The van der Waals surface area contributed by atoms with Crippen LogP contribution in [0.15, 0.2) is 46.2 Å². The predicted molar refractivity (Wildman–Crippen MR) is 145 cm³/mol. The molecule has 2 rings (SSSR count). The van der Waals surface area contributed by atoms with Crippen molar-refractivity contribution in [3.05, 3.63) is 36.4 Å². The van der Waals surface area contributed by atoms with Gasteiger partial charge >= 0.3 is 12.1 Å². The van der Waals surface area contributed by atoms with E-state index >= 15 is 0 Å². The van der Waals surface area contributed by atoms with Gasteiger partial charge in [0.1, 0.15) is 0 Å². The second-order valence-corrected chi connectivity index (χ2v) is 11.5. The Morgan fingerprint density at radius 1 is 0.575 bits per heavy atom. The molecule has 40 heavy (non-hydrogen) atoms. The minimum absolute atomic E-state index is 0.159. The molecule has 0 aliphatic rings. The van der Waals surface area contributed by atoms with Crippen LogP contribution in [0.2, 0.25) is 0 Å². The largest absolute Gasteiger partial charge is 0.493 e. The van der Waals surface area contributed by atoms with Crippen molar-refractivity contribution in [1.82, 2.24) is 20.1 Å². The van der Waals surface area contributed by atoms with Crippen molar-refractivity contribution in [1.29, 1.82) is 0 Å². The van der Waals surface area contributed by atoms with Gasteiger partial charge in [-0.1, -0.05) is 12.8 Å². The van der Waals surface area contributed by atoms with Gasteiger partial charge in [0, 0.05) is 25.2 Å². The fourth-order valence-electron chi connectivity index (χ4n) is 3.41. The predicted octanol–water partition coefficient (Wildman–Crippen LogP) is 1.96. The quantitative estimate of drug-likeness (QED) is 0.219. The first kappa shape index (κ1) is 32.3. The molecule has 4 amide bonds. The lowest BCUT2D eigenvalue weighted by Gasteiger charge is -2.12. The molecule has 0 unspecified atom stereocenters. The Kier molecular flexibility index (Phi) is 12.1. The number of methoxy groups -OCH3 is 4. The van der Waals surface area contributed by atoms with Gasteiger partial charge in [0.05, 0.1) is 38.2 Å². The topological polar surface area (TPSA) is 187 Å². The molecule has 0 saturated heterocycles. The molecular weight excluding hydrogens is 568 g/mol. The van der Waals surface area contributed by atoms with E-state index < -0.39 is 32.1 Å². The molecule has 16 heteroatoms. The highest BCUT2D eigenvalue weighted by Gasteiger charge is 2.21. The van der Waals surface area contributed by atoms with Crippen LogP contribution in [0, 0.1) is 0 Å². The summed E-state index contributed by atoms with van der Waals surface area (Å²) < 4.78 is 73.9. The highest BCUT2D eigenvalue weighted by atomic mass is 32.2. The number of sulfonamides is 2. The summed E-state index contributed by atoms with van der Waals surface area (Å²) >= 11 is 0. The lowest BCUT2D eigenvalue weighted by atomic mass is 10.2. The average molecular weight is 603 g/mol. The smallest absolute Gasteiger partial charge is 0.328 e. The Balaban J connectivity index is 1.66. The minimum Gasteiger partial charge on any atom is -0.493 e. The third-order valence-corrected chi connectivity index (χ3v) is 8.12. The van der Waals surface area contributed by atoms with E-state index in [1.54, 1.807) is 0 Å². The molecule has 0 heterocycles. The number of hydrogen-bond acceptors (Lipinski definition) is 10. The van der Waals surface area contributed by atoms with Gasteiger partial charge in [-0.15, -0.1) is 0 Å². The molecule has 2 aromatic rings. The summed E-state index contributed by atoms with van der Waals surface area (Å²) in [6.07, 6.45) is 2.47. The molecule has 0 atom stereocenters. The number of hydrogen-bond donors (Lipinski definition) is 4. The molecule has 0 spiro atoms. The van der Waals surface area contributed by atoms with Gasteiger partial charge in [-0.25, -0.2) is 35.9 Å². The third kappa shape index (κ3) is 9.37. The van der Waals surface area contributed by atoms with Crippen LogP contribution in [-0.4, -0.2) is 70.4 Å². The average Bonchev–Trinajstić information content (AvgIpc) is 2.92. The zero-order valence-corrected chi connectivity index (χ0v) is 24.2. The molecule has 2 aromatic carbocycles. The Bertz CT molecular complexity index is 1280. The number of carbonyl (C=O) groups is 2. The summed E-state index contributed by atoms with van der Waals surface area (Å²) in [6.45, 7) is 0.454. The van der Waals surface area contributed by atoms with Crippen LogP contribution in [0.4, 0.5) is 9.59 Å². The van der Waals surface area contributed by atoms with Crippen molar-refractivity contribution in [2.75, 3.05) is 41.5 Å². The fraction of sp³-hybridized carbons (Fsp3) is 0.417. The van der Waals surface area contributed by atoms with Gasteiger partial charge in [-0.05, 0) is 37.1 Å². The minimum atomic E-state index is -4.12. The number of rotatable bonds is 15. The maximum absolute atomic E-state index is 12.4. The lowest BCUT2D eigenvalue weighted by Crippen LogP contribution is -2.40. The molecule has 0 aliphatic carbocycles. The van der Waals surface area contributed by atoms with Crippen LogP contribution in [0.5, 0.6) is 23.0 Å².